The second-order valence-electron chi connectivity index (χ2n) is 5.13. The number of pyridine rings is 1. The minimum Gasteiger partial charge on any atom is -0.493 e. The maximum atomic E-state index is 13.9. The molecule has 0 amide bonds. The van der Waals surface area contributed by atoms with Gasteiger partial charge in [0.15, 0.2) is 5.43 Å². The van der Waals surface area contributed by atoms with E-state index in [4.69, 9.17) is 4.74 Å². The number of rotatable bonds is 1. The van der Waals surface area contributed by atoms with Crippen LogP contribution >= 0.6 is 0 Å². The third-order valence-corrected chi connectivity index (χ3v) is 3.80. The largest absolute Gasteiger partial charge is 0.493 e. The summed E-state index contributed by atoms with van der Waals surface area (Å²) >= 11 is 0. The van der Waals surface area contributed by atoms with Crippen LogP contribution < -0.4 is 10.2 Å². The van der Waals surface area contributed by atoms with Crippen molar-refractivity contribution in [1.29, 1.82) is 0 Å². The zero-order chi connectivity index (χ0) is 14.4. The molecule has 0 saturated heterocycles. The van der Waals surface area contributed by atoms with Crippen LogP contribution in [-0.4, -0.2) is 11.6 Å². The van der Waals surface area contributed by atoms with Gasteiger partial charge in [-0.1, -0.05) is 12.1 Å². The van der Waals surface area contributed by atoms with Crippen molar-refractivity contribution in [2.24, 2.45) is 0 Å². The van der Waals surface area contributed by atoms with Gasteiger partial charge in [0.25, 0.3) is 0 Å². The highest BCUT2D eigenvalue weighted by molar-refractivity contribution is 5.84. The fourth-order valence-corrected chi connectivity index (χ4v) is 2.75. The first-order valence-corrected chi connectivity index (χ1v) is 6.80. The number of halogens is 1. The molecule has 0 unspecified atom stereocenters. The first-order valence-electron chi connectivity index (χ1n) is 6.80. The molecule has 4 heteroatoms. The summed E-state index contributed by atoms with van der Waals surface area (Å²) < 4.78 is 19.4. The summed E-state index contributed by atoms with van der Waals surface area (Å²) in [6, 6.07) is 11.5. The Balaban J connectivity index is 1.99. The van der Waals surface area contributed by atoms with Gasteiger partial charge < -0.3 is 9.72 Å². The lowest BCUT2D eigenvalue weighted by Crippen LogP contribution is -2.04. The molecule has 104 valence electrons. The molecule has 0 atom stereocenters. The Morgan fingerprint density at radius 3 is 2.86 bits per heavy atom. The van der Waals surface area contributed by atoms with Crippen LogP contribution in [0, 0.1) is 5.82 Å². The number of benzene rings is 2. The van der Waals surface area contributed by atoms with Gasteiger partial charge in [-0.05, 0) is 29.8 Å². The maximum absolute atomic E-state index is 13.9. The number of aromatic nitrogens is 1. The molecule has 2 aromatic carbocycles. The van der Waals surface area contributed by atoms with Gasteiger partial charge in [0.2, 0.25) is 0 Å². The highest BCUT2D eigenvalue weighted by Crippen LogP contribution is 2.29. The van der Waals surface area contributed by atoms with E-state index in [2.05, 4.69) is 4.98 Å². The second-order valence-corrected chi connectivity index (χ2v) is 5.13. The van der Waals surface area contributed by atoms with Crippen molar-refractivity contribution < 1.29 is 9.13 Å². The van der Waals surface area contributed by atoms with Crippen LogP contribution in [0.25, 0.3) is 22.2 Å². The van der Waals surface area contributed by atoms with Crippen LogP contribution in [-0.2, 0) is 6.42 Å². The smallest absolute Gasteiger partial charge is 0.190 e. The van der Waals surface area contributed by atoms with Gasteiger partial charge in [-0.2, -0.15) is 0 Å². The van der Waals surface area contributed by atoms with E-state index < -0.39 is 0 Å². The molecule has 0 radical (unpaired) electrons. The maximum Gasteiger partial charge on any atom is 0.190 e. The first kappa shape index (κ1) is 12.1. The SMILES string of the molecule is O=c1cc(-c2ccccc2F)[nH]c2cc3c(cc12)OCC3. The molecule has 3 aromatic rings. The summed E-state index contributed by atoms with van der Waals surface area (Å²) in [6.45, 7) is 0.639. The van der Waals surface area contributed by atoms with Crippen molar-refractivity contribution in [2.45, 2.75) is 6.42 Å². The van der Waals surface area contributed by atoms with Gasteiger partial charge in [-0.15, -0.1) is 0 Å². The summed E-state index contributed by atoms with van der Waals surface area (Å²) in [5.41, 5.74) is 2.53. The van der Waals surface area contributed by atoms with Crippen molar-refractivity contribution in [1.82, 2.24) is 4.98 Å². The molecule has 0 fully saturated rings. The molecule has 1 N–H and O–H groups in total. The van der Waals surface area contributed by atoms with Gasteiger partial charge in [-0.25, -0.2) is 4.39 Å². The predicted molar refractivity (Wildman–Crippen MR) is 79.2 cm³/mol. The van der Waals surface area contributed by atoms with E-state index >= 15 is 0 Å². The molecule has 0 saturated carbocycles. The average Bonchev–Trinajstić information content (AvgIpc) is 2.93. The van der Waals surface area contributed by atoms with E-state index in [9.17, 15) is 9.18 Å². The van der Waals surface area contributed by atoms with Gasteiger partial charge in [0.1, 0.15) is 11.6 Å². The third kappa shape index (κ3) is 1.91. The molecule has 4 rings (SSSR count). The fraction of sp³-hybridized carbons (Fsp3) is 0.118. The Morgan fingerprint density at radius 1 is 1.14 bits per heavy atom. The van der Waals surface area contributed by atoms with Crippen molar-refractivity contribution in [3.8, 4) is 17.0 Å². The van der Waals surface area contributed by atoms with Crippen LogP contribution in [0.3, 0.4) is 0 Å². The molecular weight excluding hydrogens is 269 g/mol. The normalized spacial score (nSPS) is 13.2. The Kier molecular flexibility index (Phi) is 2.57. The summed E-state index contributed by atoms with van der Waals surface area (Å²) in [6.07, 6.45) is 0.831. The van der Waals surface area contributed by atoms with Crippen LogP contribution in [0.5, 0.6) is 5.75 Å². The van der Waals surface area contributed by atoms with E-state index in [0.717, 1.165) is 17.7 Å². The highest BCUT2D eigenvalue weighted by atomic mass is 19.1. The van der Waals surface area contributed by atoms with E-state index in [1.54, 1.807) is 24.3 Å². The molecule has 0 aliphatic carbocycles. The summed E-state index contributed by atoms with van der Waals surface area (Å²) in [7, 11) is 0. The minimum absolute atomic E-state index is 0.139. The Hall–Kier alpha value is -2.62. The van der Waals surface area contributed by atoms with Crippen LogP contribution in [0.4, 0.5) is 4.39 Å². The molecule has 1 aromatic heterocycles. The number of fused-ring (bicyclic) bond motifs is 2. The number of hydrogen-bond donors (Lipinski definition) is 1. The van der Waals surface area contributed by atoms with Crippen molar-refractivity contribution in [3.63, 3.8) is 0 Å². The molecule has 1 aliphatic heterocycles. The molecule has 21 heavy (non-hydrogen) atoms. The Morgan fingerprint density at radius 2 is 2.00 bits per heavy atom. The van der Waals surface area contributed by atoms with Crippen LogP contribution in [0.15, 0.2) is 47.3 Å². The van der Waals surface area contributed by atoms with Crippen LogP contribution in [0.1, 0.15) is 5.56 Å². The van der Waals surface area contributed by atoms with Gasteiger partial charge in [0, 0.05) is 23.4 Å². The minimum atomic E-state index is -0.350. The van der Waals surface area contributed by atoms with Gasteiger partial charge in [0.05, 0.1) is 17.8 Å². The molecule has 1 aliphatic rings. The number of H-pyrrole nitrogens is 1. The van der Waals surface area contributed by atoms with Crippen molar-refractivity contribution in [2.75, 3.05) is 6.61 Å². The number of nitrogens with one attached hydrogen (secondary N) is 1. The molecular formula is C17H12FNO2. The molecule has 0 spiro atoms. The van der Waals surface area contributed by atoms with Gasteiger partial charge >= 0.3 is 0 Å². The Bertz CT molecular complexity index is 914. The first-order chi connectivity index (χ1) is 10.2. The van der Waals surface area contributed by atoms with Crippen LogP contribution in [0.2, 0.25) is 0 Å². The van der Waals surface area contributed by atoms with Crippen molar-refractivity contribution >= 4 is 10.9 Å². The molecule has 2 heterocycles. The summed E-state index contributed by atoms with van der Waals surface area (Å²) in [4.78, 5) is 15.4. The lowest BCUT2D eigenvalue weighted by atomic mass is 10.1. The second kappa shape index (κ2) is 4.45. The Labute approximate surface area is 120 Å². The van der Waals surface area contributed by atoms with Gasteiger partial charge in [-0.3, -0.25) is 4.79 Å². The van der Waals surface area contributed by atoms with E-state index in [1.807, 2.05) is 6.07 Å². The standard InChI is InChI=1S/C17H12FNO2/c18-13-4-2-1-3-11(13)15-9-16(20)12-8-17-10(5-6-21-17)7-14(12)19-15/h1-4,7-9H,5-6H2,(H,19,20). The highest BCUT2D eigenvalue weighted by Gasteiger charge is 2.15. The summed E-state index contributed by atoms with van der Waals surface area (Å²) in [5, 5.41) is 0.565. The summed E-state index contributed by atoms with van der Waals surface area (Å²) in [5.74, 6) is 0.420. The predicted octanol–water partition coefficient (Wildman–Crippen LogP) is 3.27. The lowest BCUT2D eigenvalue weighted by Gasteiger charge is -2.07. The zero-order valence-electron chi connectivity index (χ0n) is 11.2. The zero-order valence-corrected chi connectivity index (χ0v) is 11.2. The number of aromatic amines is 1. The molecule has 3 nitrogen and oxygen atoms in total. The quantitative estimate of drug-likeness (QED) is 0.744. The van der Waals surface area contributed by atoms with E-state index in [0.29, 0.717) is 28.8 Å². The van der Waals surface area contributed by atoms with E-state index in [1.165, 1.54) is 12.1 Å². The van der Waals surface area contributed by atoms with Crippen molar-refractivity contribution in [3.05, 3.63) is 64.1 Å². The monoisotopic (exact) mass is 281 g/mol. The fourth-order valence-electron chi connectivity index (χ4n) is 2.75. The average molecular weight is 281 g/mol. The molecule has 0 bridgehead atoms. The number of hydrogen-bond acceptors (Lipinski definition) is 2. The number of ether oxygens (including phenoxy) is 1. The third-order valence-electron chi connectivity index (χ3n) is 3.80. The lowest BCUT2D eigenvalue weighted by molar-refractivity contribution is 0.357. The van der Waals surface area contributed by atoms with E-state index in [-0.39, 0.29) is 11.2 Å². The topological polar surface area (TPSA) is 42.1 Å².